The largest absolute Gasteiger partial charge is 0.416 e. The highest BCUT2D eigenvalue weighted by molar-refractivity contribution is 5.34. The van der Waals surface area contributed by atoms with Gasteiger partial charge in [-0.05, 0) is 18.2 Å². The first kappa shape index (κ1) is 11.3. The average Bonchev–Trinajstić information content (AvgIpc) is 2.13. The summed E-state index contributed by atoms with van der Waals surface area (Å²) in [6.07, 6.45) is -4.48. The van der Waals surface area contributed by atoms with Gasteiger partial charge in [0.15, 0.2) is 0 Å². The molecule has 0 radical (unpaired) electrons. The summed E-state index contributed by atoms with van der Waals surface area (Å²) in [5, 5.41) is 2.81. The molecule has 0 aromatic heterocycles. The Morgan fingerprint density at radius 1 is 1.25 bits per heavy atom. The highest BCUT2D eigenvalue weighted by Gasteiger charge is 2.39. The van der Waals surface area contributed by atoms with Gasteiger partial charge in [-0.3, -0.25) is 0 Å². The van der Waals surface area contributed by atoms with E-state index >= 15 is 0 Å². The van der Waals surface area contributed by atoms with Crippen LogP contribution >= 0.6 is 0 Å². The number of hydrogen-bond donors (Lipinski definition) is 2. The van der Waals surface area contributed by atoms with Crippen molar-refractivity contribution >= 4 is 0 Å². The van der Waals surface area contributed by atoms with E-state index in [0.29, 0.717) is 6.07 Å². The summed E-state index contributed by atoms with van der Waals surface area (Å²) in [6.45, 7) is 0.566. The van der Waals surface area contributed by atoms with Crippen molar-refractivity contribution < 1.29 is 17.6 Å². The second-order valence-electron chi connectivity index (χ2n) is 3.95. The minimum atomic E-state index is -4.48. The van der Waals surface area contributed by atoms with Crippen molar-refractivity contribution in [1.29, 1.82) is 0 Å². The summed E-state index contributed by atoms with van der Waals surface area (Å²) in [5.74, 6) is -0.697. The number of nitrogens with two attached hydrogens (primary N) is 1. The summed E-state index contributed by atoms with van der Waals surface area (Å²) in [7, 11) is 0. The van der Waals surface area contributed by atoms with Crippen molar-refractivity contribution in [2.45, 2.75) is 11.7 Å². The van der Waals surface area contributed by atoms with Crippen LogP contribution in [0.3, 0.4) is 0 Å². The zero-order chi connectivity index (χ0) is 12.0. The predicted molar refractivity (Wildman–Crippen MR) is 50.1 cm³/mol. The van der Waals surface area contributed by atoms with Gasteiger partial charge in [0.2, 0.25) is 0 Å². The van der Waals surface area contributed by atoms with Gasteiger partial charge < -0.3 is 11.1 Å². The third-order valence-corrected chi connectivity index (χ3v) is 2.71. The van der Waals surface area contributed by atoms with Crippen molar-refractivity contribution in [2.75, 3.05) is 13.1 Å². The molecule has 16 heavy (non-hydrogen) atoms. The first-order chi connectivity index (χ1) is 7.33. The van der Waals surface area contributed by atoms with Gasteiger partial charge in [0.1, 0.15) is 5.82 Å². The van der Waals surface area contributed by atoms with Crippen LogP contribution in [-0.2, 0) is 11.7 Å². The third-order valence-electron chi connectivity index (χ3n) is 2.71. The minimum absolute atomic E-state index is 0.0823. The number of alkyl halides is 3. The van der Waals surface area contributed by atoms with E-state index in [0.717, 1.165) is 12.1 Å². The summed E-state index contributed by atoms with van der Waals surface area (Å²) in [4.78, 5) is 0. The first-order valence-corrected chi connectivity index (χ1v) is 4.70. The molecule has 1 aliphatic rings. The Morgan fingerprint density at radius 3 is 2.31 bits per heavy atom. The van der Waals surface area contributed by atoms with Crippen LogP contribution in [0.15, 0.2) is 18.2 Å². The molecule has 0 amide bonds. The maximum Gasteiger partial charge on any atom is 0.416 e. The molecule has 1 fully saturated rings. The first-order valence-electron chi connectivity index (χ1n) is 4.70. The van der Waals surface area contributed by atoms with Gasteiger partial charge in [-0.1, -0.05) is 0 Å². The van der Waals surface area contributed by atoms with Gasteiger partial charge in [-0.25, -0.2) is 4.39 Å². The topological polar surface area (TPSA) is 38.0 Å². The fraction of sp³-hybridized carbons (Fsp3) is 0.400. The van der Waals surface area contributed by atoms with Crippen LogP contribution in [-0.4, -0.2) is 13.1 Å². The van der Waals surface area contributed by atoms with Crippen LogP contribution in [0.5, 0.6) is 0 Å². The third kappa shape index (κ3) is 1.78. The Labute approximate surface area is 89.4 Å². The molecule has 1 saturated heterocycles. The fourth-order valence-corrected chi connectivity index (χ4v) is 1.67. The number of rotatable bonds is 1. The van der Waals surface area contributed by atoms with Crippen molar-refractivity contribution in [3.05, 3.63) is 35.1 Å². The SMILES string of the molecule is NC1(c2cc(C(F)(F)F)ccc2F)CNC1. The number of nitrogens with one attached hydrogen (secondary N) is 1. The summed E-state index contributed by atoms with van der Waals surface area (Å²) >= 11 is 0. The van der Waals surface area contributed by atoms with E-state index in [-0.39, 0.29) is 18.7 Å². The lowest BCUT2D eigenvalue weighted by Gasteiger charge is -2.39. The summed E-state index contributed by atoms with van der Waals surface area (Å²) < 4.78 is 50.7. The van der Waals surface area contributed by atoms with Crippen LogP contribution < -0.4 is 11.1 Å². The molecule has 1 aliphatic heterocycles. The minimum Gasteiger partial charge on any atom is -0.319 e. The number of hydrogen-bond acceptors (Lipinski definition) is 2. The highest BCUT2D eigenvalue weighted by Crippen LogP contribution is 2.33. The molecular weight excluding hydrogens is 224 g/mol. The van der Waals surface area contributed by atoms with Crippen molar-refractivity contribution in [3.8, 4) is 0 Å². The van der Waals surface area contributed by atoms with Gasteiger partial charge in [0.05, 0.1) is 11.1 Å². The average molecular weight is 234 g/mol. The van der Waals surface area contributed by atoms with E-state index < -0.39 is 23.1 Å². The van der Waals surface area contributed by atoms with E-state index in [2.05, 4.69) is 5.32 Å². The van der Waals surface area contributed by atoms with Crippen LogP contribution in [0, 0.1) is 5.82 Å². The van der Waals surface area contributed by atoms with Gasteiger partial charge in [0.25, 0.3) is 0 Å². The molecule has 1 heterocycles. The predicted octanol–water partition coefficient (Wildman–Crippen LogP) is 1.60. The Morgan fingerprint density at radius 2 is 1.88 bits per heavy atom. The zero-order valence-electron chi connectivity index (χ0n) is 8.24. The van der Waals surface area contributed by atoms with E-state index in [1.54, 1.807) is 0 Å². The second kappa shape index (κ2) is 3.43. The Hall–Kier alpha value is -1.14. The highest BCUT2D eigenvalue weighted by atomic mass is 19.4. The van der Waals surface area contributed by atoms with Crippen LogP contribution in [0.25, 0.3) is 0 Å². The van der Waals surface area contributed by atoms with Crippen molar-refractivity contribution in [1.82, 2.24) is 5.32 Å². The molecule has 88 valence electrons. The Kier molecular flexibility index (Phi) is 2.43. The molecular formula is C10H10F4N2. The maximum absolute atomic E-state index is 13.4. The molecule has 6 heteroatoms. The summed E-state index contributed by atoms with van der Waals surface area (Å²) in [6, 6.07) is 2.32. The van der Waals surface area contributed by atoms with Gasteiger partial charge in [-0.2, -0.15) is 13.2 Å². The standard InChI is InChI=1S/C10H10F4N2/c11-8-2-1-6(10(12,13)14)3-7(8)9(15)4-16-5-9/h1-3,16H,4-5,15H2. The smallest absolute Gasteiger partial charge is 0.319 e. The molecule has 0 aliphatic carbocycles. The molecule has 0 unspecified atom stereocenters. The lowest BCUT2D eigenvalue weighted by atomic mass is 9.84. The molecule has 0 spiro atoms. The molecule has 2 rings (SSSR count). The molecule has 0 saturated carbocycles. The van der Waals surface area contributed by atoms with Crippen molar-refractivity contribution in [3.63, 3.8) is 0 Å². The normalized spacial score (nSPS) is 19.3. The second-order valence-corrected chi connectivity index (χ2v) is 3.95. The quantitative estimate of drug-likeness (QED) is 0.724. The fourth-order valence-electron chi connectivity index (χ4n) is 1.67. The molecule has 2 nitrogen and oxygen atoms in total. The lowest BCUT2D eigenvalue weighted by molar-refractivity contribution is -0.137. The number of benzene rings is 1. The molecule has 3 N–H and O–H groups in total. The van der Waals surface area contributed by atoms with Crippen molar-refractivity contribution in [2.24, 2.45) is 5.73 Å². The van der Waals surface area contributed by atoms with Crippen LogP contribution in [0.4, 0.5) is 17.6 Å². The van der Waals surface area contributed by atoms with E-state index in [9.17, 15) is 17.6 Å². The van der Waals surface area contributed by atoms with Gasteiger partial charge >= 0.3 is 6.18 Å². The molecule has 1 aromatic rings. The van der Waals surface area contributed by atoms with E-state index in [1.807, 2.05) is 0 Å². The summed E-state index contributed by atoms with van der Waals surface area (Å²) in [5.41, 5.74) is 3.79. The molecule has 0 bridgehead atoms. The molecule has 0 atom stereocenters. The Balaban J connectivity index is 2.45. The van der Waals surface area contributed by atoms with E-state index in [4.69, 9.17) is 5.73 Å². The van der Waals surface area contributed by atoms with Crippen LogP contribution in [0.2, 0.25) is 0 Å². The maximum atomic E-state index is 13.4. The van der Waals surface area contributed by atoms with E-state index in [1.165, 1.54) is 0 Å². The van der Waals surface area contributed by atoms with Gasteiger partial charge in [0, 0.05) is 18.7 Å². The Bertz CT molecular complexity index is 410. The van der Waals surface area contributed by atoms with Crippen LogP contribution in [0.1, 0.15) is 11.1 Å². The lowest BCUT2D eigenvalue weighted by Crippen LogP contribution is -2.63. The van der Waals surface area contributed by atoms with Gasteiger partial charge in [-0.15, -0.1) is 0 Å². The zero-order valence-corrected chi connectivity index (χ0v) is 8.24. The molecule has 1 aromatic carbocycles. The number of halogens is 4. The monoisotopic (exact) mass is 234 g/mol.